The van der Waals surface area contributed by atoms with Crippen molar-refractivity contribution >= 4 is 12.1 Å². The van der Waals surface area contributed by atoms with Gasteiger partial charge in [0.05, 0.1) is 6.10 Å². The van der Waals surface area contributed by atoms with E-state index in [1.54, 1.807) is 27.7 Å². The van der Waals surface area contributed by atoms with Gasteiger partial charge in [0.15, 0.2) is 5.54 Å². The van der Waals surface area contributed by atoms with Crippen LogP contribution >= 0.6 is 0 Å². The molecule has 0 radical (unpaired) electrons. The van der Waals surface area contributed by atoms with Crippen molar-refractivity contribution in [2.75, 3.05) is 6.54 Å². The van der Waals surface area contributed by atoms with Crippen LogP contribution in [0.4, 0.5) is 4.79 Å². The van der Waals surface area contributed by atoms with Crippen molar-refractivity contribution in [2.45, 2.75) is 57.8 Å². The first kappa shape index (κ1) is 14.8. The highest BCUT2D eigenvalue weighted by molar-refractivity contribution is 5.86. The van der Waals surface area contributed by atoms with E-state index in [1.165, 1.54) is 0 Å². The summed E-state index contributed by atoms with van der Waals surface area (Å²) in [6.07, 6.45) is -1.36. The van der Waals surface area contributed by atoms with Crippen LogP contribution in [0.2, 0.25) is 0 Å². The fourth-order valence-electron chi connectivity index (χ4n) is 2.28. The van der Waals surface area contributed by atoms with Gasteiger partial charge >= 0.3 is 12.1 Å². The Balaban J connectivity index is 3.01. The van der Waals surface area contributed by atoms with E-state index in [-0.39, 0.29) is 19.4 Å². The van der Waals surface area contributed by atoms with Crippen LogP contribution in [0, 0.1) is 0 Å². The molecular weight excluding hydrogens is 238 g/mol. The average Bonchev–Trinajstić information content (AvgIpc) is 2.53. The number of aliphatic hydroxyl groups is 1. The van der Waals surface area contributed by atoms with Gasteiger partial charge < -0.3 is 14.9 Å². The molecule has 2 atom stereocenters. The van der Waals surface area contributed by atoms with Gasteiger partial charge in [-0.15, -0.1) is 0 Å². The molecule has 0 aromatic carbocycles. The summed E-state index contributed by atoms with van der Waals surface area (Å²) in [5, 5.41) is 19.2. The summed E-state index contributed by atoms with van der Waals surface area (Å²) in [6.45, 7) is 6.97. The number of nitrogens with zero attached hydrogens (tertiary/aromatic N) is 1. The Kier molecular flexibility index (Phi) is 3.90. The molecule has 1 rings (SSSR count). The number of hydrogen-bond donors (Lipinski definition) is 2. The number of rotatable bonds is 2. The van der Waals surface area contributed by atoms with E-state index < -0.39 is 29.3 Å². The highest BCUT2D eigenvalue weighted by Crippen LogP contribution is 2.34. The van der Waals surface area contributed by atoms with E-state index in [0.29, 0.717) is 0 Å². The van der Waals surface area contributed by atoms with Gasteiger partial charge in [-0.25, -0.2) is 9.59 Å². The molecule has 1 fully saturated rings. The summed E-state index contributed by atoms with van der Waals surface area (Å²) in [7, 11) is 0. The second-order valence-electron chi connectivity index (χ2n) is 5.52. The molecule has 1 saturated heterocycles. The number of likely N-dealkylation sites (tertiary alicyclic amines) is 1. The molecule has 0 aliphatic carbocycles. The zero-order chi connectivity index (χ0) is 14.1. The van der Waals surface area contributed by atoms with Crippen molar-refractivity contribution < 1.29 is 24.5 Å². The number of carbonyl (C=O) groups excluding carboxylic acids is 1. The Morgan fingerprint density at radius 2 is 2.00 bits per heavy atom. The van der Waals surface area contributed by atoms with Crippen molar-refractivity contribution in [3.05, 3.63) is 0 Å². The minimum atomic E-state index is -1.57. The quantitative estimate of drug-likeness (QED) is 0.778. The Hall–Kier alpha value is -1.30. The van der Waals surface area contributed by atoms with Crippen LogP contribution in [0.1, 0.15) is 40.5 Å². The predicted molar refractivity (Wildman–Crippen MR) is 64.2 cm³/mol. The third-order valence-corrected chi connectivity index (χ3v) is 3.18. The zero-order valence-electron chi connectivity index (χ0n) is 11.3. The molecule has 1 amide bonds. The number of carbonyl (C=O) groups is 2. The molecule has 0 aromatic heterocycles. The van der Waals surface area contributed by atoms with Crippen molar-refractivity contribution in [1.29, 1.82) is 0 Å². The summed E-state index contributed by atoms with van der Waals surface area (Å²) in [4.78, 5) is 24.6. The molecule has 0 saturated carbocycles. The van der Waals surface area contributed by atoms with Gasteiger partial charge in [0, 0.05) is 6.54 Å². The van der Waals surface area contributed by atoms with E-state index in [4.69, 9.17) is 4.74 Å². The van der Waals surface area contributed by atoms with Crippen molar-refractivity contribution in [3.63, 3.8) is 0 Å². The van der Waals surface area contributed by atoms with E-state index in [9.17, 15) is 19.8 Å². The number of amides is 1. The first-order valence-corrected chi connectivity index (χ1v) is 6.07. The number of carboxylic acid groups (broad SMARTS) is 1. The highest BCUT2D eigenvalue weighted by atomic mass is 16.6. The number of aliphatic hydroxyl groups excluding tert-OH is 1. The van der Waals surface area contributed by atoms with Crippen LogP contribution in [0.3, 0.4) is 0 Å². The van der Waals surface area contributed by atoms with Crippen LogP contribution < -0.4 is 0 Å². The van der Waals surface area contributed by atoms with Crippen LogP contribution in [-0.4, -0.2) is 51.0 Å². The number of hydrogen-bond acceptors (Lipinski definition) is 4. The van der Waals surface area contributed by atoms with Crippen LogP contribution in [-0.2, 0) is 9.53 Å². The van der Waals surface area contributed by atoms with Gasteiger partial charge in [-0.05, 0) is 33.6 Å². The lowest BCUT2D eigenvalue weighted by molar-refractivity contribution is -0.155. The van der Waals surface area contributed by atoms with Gasteiger partial charge in [-0.2, -0.15) is 0 Å². The van der Waals surface area contributed by atoms with Crippen LogP contribution in [0.5, 0.6) is 0 Å². The SMILES string of the molecule is CC[C@@]1(C(=O)O)[C@H](O)CCN1C(=O)OC(C)(C)C. The first-order chi connectivity index (χ1) is 8.15. The smallest absolute Gasteiger partial charge is 0.411 e. The predicted octanol–water partition coefficient (Wildman–Crippen LogP) is 1.22. The van der Waals surface area contributed by atoms with Crippen molar-refractivity contribution in [2.24, 2.45) is 0 Å². The van der Waals surface area contributed by atoms with Gasteiger partial charge in [-0.1, -0.05) is 6.92 Å². The molecule has 104 valence electrons. The number of ether oxygens (including phenoxy) is 1. The summed E-state index contributed by atoms with van der Waals surface area (Å²) >= 11 is 0. The van der Waals surface area contributed by atoms with Crippen molar-refractivity contribution in [1.82, 2.24) is 4.90 Å². The lowest BCUT2D eigenvalue weighted by Gasteiger charge is -2.36. The van der Waals surface area contributed by atoms with E-state index in [2.05, 4.69) is 0 Å². The van der Waals surface area contributed by atoms with Gasteiger partial charge in [0.1, 0.15) is 5.60 Å². The fourth-order valence-corrected chi connectivity index (χ4v) is 2.28. The molecule has 6 heteroatoms. The molecule has 1 aliphatic rings. The maximum Gasteiger partial charge on any atom is 0.411 e. The zero-order valence-corrected chi connectivity index (χ0v) is 11.3. The summed E-state index contributed by atoms with van der Waals surface area (Å²) < 4.78 is 5.19. The maximum absolute atomic E-state index is 12.0. The fraction of sp³-hybridized carbons (Fsp3) is 0.833. The average molecular weight is 259 g/mol. The Bertz CT molecular complexity index is 349. The number of aliphatic carboxylic acids is 1. The minimum absolute atomic E-state index is 0.142. The monoisotopic (exact) mass is 259 g/mol. The second kappa shape index (κ2) is 4.76. The highest BCUT2D eigenvalue weighted by Gasteiger charge is 2.56. The van der Waals surface area contributed by atoms with Gasteiger partial charge in [0.25, 0.3) is 0 Å². The summed E-state index contributed by atoms with van der Waals surface area (Å²) in [5.41, 5.74) is -2.26. The molecule has 2 N–H and O–H groups in total. The molecule has 18 heavy (non-hydrogen) atoms. The molecular formula is C12H21NO5. The van der Waals surface area contributed by atoms with Gasteiger partial charge in [-0.3, -0.25) is 4.90 Å². The Morgan fingerprint density at radius 3 is 2.39 bits per heavy atom. The second-order valence-corrected chi connectivity index (χ2v) is 5.52. The lowest BCUT2D eigenvalue weighted by atomic mass is 9.90. The van der Waals surface area contributed by atoms with E-state index in [1.807, 2.05) is 0 Å². The van der Waals surface area contributed by atoms with Crippen molar-refractivity contribution in [3.8, 4) is 0 Å². The Labute approximate surface area is 107 Å². The molecule has 0 spiro atoms. The first-order valence-electron chi connectivity index (χ1n) is 6.07. The molecule has 0 bridgehead atoms. The maximum atomic E-state index is 12.0. The molecule has 6 nitrogen and oxygen atoms in total. The minimum Gasteiger partial charge on any atom is -0.479 e. The third kappa shape index (κ3) is 2.43. The topological polar surface area (TPSA) is 87.1 Å². The lowest BCUT2D eigenvalue weighted by Crippen LogP contribution is -2.58. The van der Waals surface area contributed by atoms with Crippen LogP contribution in [0.15, 0.2) is 0 Å². The van der Waals surface area contributed by atoms with E-state index in [0.717, 1.165) is 4.90 Å². The van der Waals surface area contributed by atoms with Crippen LogP contribution in [0.25, 0.3) is 0 Å². The molecule has 1 heterocycles. The van der Waals surface area contributed by atoms with E-state index >= 15 is 0 Å². The number of carboxylic acids is 1. The largest absolute Gasteiger partial charge is 0.479 e. The molecule has 1 aliphatic heterocycles. The summed E-state index contributed by atoms with van der Waals surface area (Å²) in [6, 6.07) is 0. The Morgan fingerprint density at radius 1 is 1.44 bits per heavy atom. The molecule has 0 aromatic rings. The summed E-state index contributed by atoms with van der Waals surface area (Å²) in [5.74, 6) is -1.19. The molecule has 0 unspecified atom stereocenters. The third-order valence-electron chi connectivity index (χ3n) is 3.18. The van der Waals surface area contributed by atoms with Gasteiger partial charge in [0.2, 0.25) is 0 Å². The standard InChI is InChI=1S/C12H21NO5/c1-5-12(9(15)16)8(14)6-7-13(12)10(17)18-11(2,3)4/h8,14H,5-7H2,1-4H3,(H,15,16)/t8-,12+/m1/s1. The normalized spacial score (nSPS) is 28.3.